The van der Waals surface area contributed by atoms with Crippen molar-refractivity contribution < 1.29 is 87.5 Å². The van der Waals surface area contributed by atoms with Crippen molar-refractivity contribution in [2.45, 2.75) is 167 Å². The van der Waals surface area contributed by atoms with Gasteiger partial charge < -0.3 is 70.6 Å². The van der Waals surface area contributed by atoms with Crippen molar-refractivity contribution in [3.05, 3.63) is 312 Å². The van der Waals surface area contributed by atoms with Crippen molar-refractivity contribution in [2.24, 2.45) is 0 Å². The third kappa shape index (κ3) is 23.8. The van der Waals surface area contributed by atoms with Crippen LogP contribution in [0.3, 0.4) is 0 Å². The second kappa shape index (κ2) is 42.9. The lowest BCUT2D eigenvalue weighted by atomic mass is 9.90. The highest BCUT2D eigenvalue weighted by molar-refractivity contribution is 9.06. The van der Waals surface area contributed by atoms with E-state index in [0.29, 0.717) is 75.6 Å². The third-order valence-electron chi connectivity index (χ3n) is 24.5. The lowest BCUT2D eigenvalue weighted by Crippen LogP contribution is -2.36. The van der Waals surface area contributed by atoms with E-state index < -0.39 is 34.9 Å². The Kier molecular flexibility index (Phi) is 31.1. The first kappa shape index (κ1) is 103. The smallest absolute Gasteiger partial charge is 0.322 e. The number of aromatic nitrogens is 6. The molecule has 4 saturated heterocycles. The number of nitrogens with two attached hydrogens (primary N) is 2. The number of benzene rings is 9. The summed E-state index contributed by atoms with van der Waals surface area (Å²) in [6.07, 6.45) is 2.88. The van der Waals surface area contributed by atoms with Crippen molar-refractivity contribution in [1.82, 2.24) is 66.3 Å². The Bertz CT molecular complexity index is 6730. The van der Waals surface area contributed by atoms with E-state index in [4.69, 9.17) is 42.0 Å². The van der Waals surface area contributed by atoms with Crippen molar-refractivity contribution >= 4 is 92.4 Å². The molecule has 0 saturated carbocycles. The Labute approximate surface area is 829 Å². The van der Waals surface area contributed by atoms with Gasteiger partial charge in [0.2, 0.25) is 17.7 Å². The number of nitrogen functional groups attached to an aromatic ring is 2. The van der Waals surface area contributed by atoms with Crippen LogP contribution in [0.1, 0.15) is 198 Å². The van der Waals surface area contributed by atoms with Gasteiger partial charge in [-0.2, -0.15) is 0 Å². The molecular weight excluding hydrogens is 1920 g/mol. The number of carbonyl (C=O) groups is 8. The van der Waals surface area contributed by atoms with Gasteiger partial charge in [0.15, 0.2) is 33.7 Å². The Morgan fingerprint density at radius 3 is 1.14 bits per heavy atom. The van der Waals surface area contributed by atoms with Crippen LogP contribution < -0.4 is 61.9 Å². The monoisotopic (exact) mass is 2020 g/mol. The number of amides is 8. The lowest BCUT2D eigenvalue weighted by molar-refractivity contribution is -0.130. The first-order valence-corrected chi connectivity index (χ1v) is 46.2. The minimum atomic E-state index is -0.810. The van der Waals surface area contributed by atoms with E-state index in [1.807, 2.05) is 159 Å². The van der Waals surface area contributed by atoms with Gasteiger partial charge in [0.1, 0.15) is 68.6 Å². The van der Waals surface area contributed by atoms with E-state index >= 15 is 0 Å². The predicted octanol–water partition coefficient (Wildman–Crippen LogP) is 17.5. The zero-order valence-electron chi connectivity index (χ0n) is 79.9. The first-order valence-electron chi connectivity index (χ1n) is 45.2. The molecule has 3 atom stereocenters. The number of hydrogen-bond donors (Lipinski definition) is 7. The van der Waals surface area contributed by atoms with Crippen molar-refractivity contribution in [2.75, 3.05) is 51.4 Å². The van der Waals surface area contributed by atoms with Gasteiger partial charge in [-0.1, -0.05) is 90.5 Å². The van der Waals surface area contributed by atoms with E-state index in [0.717, 1.165) is 105 Å². The number of anilines is 3. The minimum Gasteiger partial charge on any atom is -0.497 e. The summed E-state index contributed by atoms with van der Waals surface area (Å²) >= 11 is 8.67. The van der Waals surface area contributed by atoms with Crippen LogP contribution in [-0.2, 0) is 68.6 Å². The highest BCUT2D eigenvalue weighted by Gasteiger charge is 2.43. The maximum Gasteiger partial charge on any atom is 0.322 e. The number of halogens is 8. The molecule has 7 aliphatic rings. The summed E-state index contributed by atoms with van der Waals surface area (Å²) in [7, 11) is 6.17. The average molecular weight is 2030 g/mol. The molecular formula is C105H104BrClF6N16O13. The fraction of sp³-hybridized carbons (Fsp3) is 0.295. The van der Waals surface area contributed by atoms with Gasteiger partial charge in [-0.15, -0.1) is 0 Å². The zero-order valence-corrected chi connectivity index (χ0v) is 82.3. The molecule has 0 bridgehead atoms. The molecule has 9 aromatic carbocycles. The van der Waals surface area contributed by atoms with Crippen LogP contribution in [0.25, 0.3) is 34.2 Å². The fourth-order valence-electron chi connectivity index (χ4n) is 17.7. The molecule has 0 radical (unpaired) electrons. The predicted molar refractivity (Wildman–Crippen MR) is 524 cm³/mol. The van der Waals surface area contributed by atoms with E-state index in [1.54, 1.807) is 61.5 Å². The molecule has 142 heavy (non-hydrogen) atoms. The fourth-order valence-corrected chi connectivity index (χ4v) is 18.0. The van der Waals surface area contributed by atoms with E-state index in [9.17, 15) is 64.7 Å². The number of hydrogen-bond acceptors (Lipinski definition) is 21. The number of ether oxygens (including phenoxy) is 4. The molecule has 9 N–H and O–H groups in total. The Morgan fingerprint density at radius 1 is 0.437 bits per heavy atom. The topological polar surface area (TPSA) is 382 Å². The maximum atomic E-state index is 14.9. The first-order chi connectivity index (χ1) is 67.4. The van der Waals surface area contributed by atoms with E-state index in [1.165, 1.54) is 37.1 Å². The Hall–Kier alpha value is -15.1. The summed E-state index contributed by atoms with van der Waals surface area (Å²) in [6.45, 7) is 18.8. The summed E-state index contributed by atoms with van der Waals surface area (Å²) in [5.41, 5.74) is 20.4. The number of rotatable bonds is 19. The van der Waals surface area contributed by atoms with Crippen molar-refractivity contribution in [3.63, 3.8) is 0 Å². The highest BCUT2D eigenvalue weighted by atomic mass is 79.9. The van der Waals surface area contributed by atoms with Gasteiger partial charge in [-0.3, -0.25) is 38.5 Å². The summed E-state index contributed by atoms with van der Waals surface area (Å²) in [6, 6.07) is 51.1. The van der Waals surface area contributed by atoms with Gasteiger partial charge in [-0.25, -0.2) is 61.0 Å². The van der Waals surface area contributed by atoms with Crippen molar-refractivity contribution in [3.8, 4) is 57.2 Å². The average Bonchev–Trinajstić information content (AvgIpc) is 1.60. The van der Waals surface area contributed by atoms with Gasteiger partial charge in [-0.05, 0) is 200 Å². The molecule has 4 fully saturated rings. The number of nitrogens with one attached hydrogen (secondary N) is 5. The van der Waals surface area contributed by atoms with Crippen LogP contribution in [0.15, 0.2) is 188 Å². The summed E-state index contributed by atoms with van der Waals surface area (Å²) in [5, 5.41) is 14.5. The second-order valence-corrected chi connectivity index (χ2v) is 38.1. The molecule has 3 aromatic heterocycles. The number of carbonyl (C=O) groups excluding carboxylic acids is 8. The quantitative estimate of drug-likeness (QED) is 0.0225. The molecule has 29 nitrogen and oxygen atoms in total. The van der Waals surface area contributed by atoms with Crippen LogP contribution in [0.4, 0.5) is 48.2 Å². The summed E-state index contributed by atoms with van der Waals surface area (Å²) in [5.74, 6) is -4.11. The Balaban J connectivity index is 0.000000146. The molecule has 19 rings (SSSR count). The van der Waals surface area contributed by atoms with Crippen LogP contribution in [-0.4, -0.2) is 144 Å². The van der Waals surface area contributed by atoms with E-state index in [2.05, 4.69) is 76.6 Å². The molecule has 1 unspecified atom stereocenters. The van der Waals surface area contributed by atoms with Crippen LogP contribution in [0, 0.1) is 34.9 Å². The molecule has 0 aliphatic carbocycles. The molecule has 8 amide bonds. The van der Waals surface area contributed by atoms with E-state index in [-0.39, 0.29) is 178 Å². The summed E-state index contributed by atoms with van der Waals surface area (Å²) < 4.78 is 112. The molecule has 37 heteroatoms. The number of nitrogens with zero attached hydrogens (tertiary/aromatic N) is 9. The lowest BCUT2D eigenvalue weighted by Gasteiger charge is -2.18. The second-order valence-electron chi connectivity index (χ2n) is 37.4. The van der Waals surface area contributed by atoms with Crippen LogP contribution in [0.2, 0.25) is 5.15 Å². The SMILES string of the molecule is CC(=O)OBr.CC1(C)CC(c2ccc(N)cc2)C(=O)N1.CC1(C)C[C@@H](c2ccc(Cc3nc(-c4c(F)cccc4F)nc4c3C(=O)NC4)cc2)C(=O)N1.CC1(C)C[C@@H](c2ccc(N)cc2)C(=O)N1.COc1ccc(CN2Cc3nc(-c4c(F)cccc4F)nc(Cc4ccc(N5CC(C)(C)NC5=O)cc4)c3C2=O)c(OC)c1.COc1ccc(CN2Cc3nc(-c4c(F)cccc4F)nc(Cl)c3C2=O)c(OC)c1. The largest absolute Gasteiger partial charge is 0.497 e. The minimum absolute atomic E-state index is 0.00889. The van der Waals surface area contributed by atoms with Gasteiger partial charge in [0.25, 0.3) is 17.7 Å². The third-order valence-corrected chi connectivity index (χ3v) is 25.3. The van der Waals surface area contributed by atoms with Gasteiger partial charge >= 0.3 is 12.0 Å². The maximum absolute atomic E-state index is 14.9. The normalized spacial score (nSPS) is 17.1. The number of fused-ring (bicyclic) bond motifs is 3. The molecule has 7 aliphatic heterocycles. The van der Waals surface area contributed by atoms with Crippen LogP contribution >= 0.6 is 27.9 Å². The standard InChI is InChI=1S/C33H31F2N5O4.C25H22F2N4O2.C21H16ClF2N3O3.2C12H16N2O.C2H3BrO2/c1-33(2)18-40(32(42)38-33)21-11-8-19(9-12-21)14-25-29-26(37-30(36-25)28-23(34)6-5-7-24(28)35)17-39(31(29)41)16-20-10-13-22(43-3)15-27(20)44-4;1-25(2)11-15(23(32)31-25)14-8-6-13(7-9-14)10-18-21-19(12-28-24(21)33)30-22(29-18)20-16(26)4-3-5-17(20)27;1-29-12-7-6-11(16(8-12)30-2)9-27-10-15-18(21(27)28)19(22)26-20(25-15)17-13(23)4-3-5-14(17)24;2*1-12(2)7-10(11(15)14-12)8-3-5-9(13)6-4-8;1-2(4)5-3/h5-13,15H,14,16-18H2,1-4H3,(H,38,42);3-9,15H,10-12H2,1-2H3,(H,28,33)(H,31,32);3-8H,9-10H2,1-2H3;2*3-6,10H,7,13H2,1-2H3,(H,14,15);1H3/t;15-;;10-;;/m.0.0../s1. The van der Waals surface area contributed by atoms with Crippen molar-refractivity contribution in [1.29, 1.82) is 0 Å². The van der Waals surface area contributed by atoms with Gasteiger partial charge in [0.05, 0.1) is 147 Å². The zero-order chi connectivity index (χ0) is 102. The van der Waals surface area contributed by atoms with Crippen LogP contribution in [0.5, 0.6) is 23.0 Å². The van der Waals surface area contributed by atoms with Gasteiger partial charge in [0, 0.05) is 76.7 Å². The molecule has 12 aromatic rings. The molecule has 10 heterocycles. The highest BCUT2D eigenvalue weighted by Crippen LogP contribution is 2.42. The Morgan fingerprint density at radius 2 is 0.789 bits per heavy atom. The molecule has 0 spiro atoms. The molecule has 738 valence electrons. The number of methoxy groups -OCH3 is 4. The summed E-state index contributed by atoms with van der Waals surface area (Å²) in [4.78, 5) is 128. The number of urea groups is 1.